The van der Waals surface area contributed by atoms with Crippen LogP contribution in [-0.4, -0.2) is 14.2 Å². The Balaban J connectivity index is 2.61. The molecule has 0 heterocycles. The zero-order chi connectivity index (χ0) is 14.3. The number of rotatable bonds is 4. The first kappa shape index (κ1) is 14.1. The van der Waals surface area contributed by atoms with Crippen molar-refractivity contribution in [2.45, 2.75) is 44.3 Å². The molecule has 3 nitrogen and oxygen atoms in total. The Morgan fingerprint density at radius 1 is 1.21 bits per heavy atom. The van der Waals surface area contributed by atoms with Crippen LogP contribution in [0.1, 0.15) is 44.2 Å². The number of ether oxygens (including phenoxy) is 2. The van der Waals surface area contributed by atoms with Gasteiger partial charge < -0.3 is 15.2 Å². The third-order valence-electron chi connectivity index (χ3n) is 3.95. The molecule has 1 aromatic carbocycles. The third kappa shape index (κ3) is 2.41. The normalized spacial score (nSPS) is 17.8. The Morgan fingerprint density at radius 2 is 1.84 bits per heavy atom. The quantitative estimate of drug-likeness (QED) is 0.910. The van der Waals surface area contributed by atoms with E-state index in [1.807, 2.05) is 6.07 Å². The van der Waals surface area contributed by atoms with E-state index in [0.29, 0.717) is 17.1 Å². The average Bonchev–Trinajstić information content (AvgIpc) is 2.32. The predicted octanol–water partition coefficient (Wildman–Crippen LogP) is 3.25. The van der Waals surface area contributed by atoms with E-state index in [2.05, 4.69) is 0 Å². The third-order valence-corrected chi connectivity index (χ3v) is 3.95. The molecule has 0 radical (unpaired) electrons. The van der Waals surface area contributed by atoms with Gasteiger partial charge in [-0.25, -0.2) is 4.39 Å². The Kier molecular flexibility index (Phi) is 3.47. The van der Waals surface area contributed by atoms with Crippen molar-refractivity contribution in [3.8, 4) is 11.5 Å². The van der Waals surface area contributed by atoms with Crippen LogP contribution < -0.4 is 15.2 Å². The number of methoxy groups -OCH3 is 2. The maximum Gasteiger partial charge on any atom is 0.165 e. The molecule has 0 aromatic heterocycles. The summed E-state index contributed by atoms with van der Waals surface area (Å²) in [6, 6.07) is 3.50. The molecule has 106 valence electrons. The van der Waals surface area contributed by atoms with Crippen LogP contribution >= 0.6 is 0 Å². The van der Waals surface area contributed by atoms with Crippen molar-refractivity contribution in [3.05, 3.63) is 23.3 Å². The van der Waals surface area contributed by atoms with E-state index in [1.165, 1.54) is 13.8 Å². The minimum absolute atomic E-state index is 0.417. The molecule has 1 fully saturated rings. The van der Waals surface area contributed by atoms with Gasteiger partial charge >= 0.3 is 0 Å². The maximum atomic E-state index is 14.2. The smallest absolute Gasteiger partial charge is 0.165 e. The van der Waals surface area contributed by atoms with Gasteiger partial charge in [0.2, 0.25) is 0 Å². The first-order chi connectivity index (χ1) is 8.81. The Labute approximate surface area is 113 Å². The Bertz CT molecular complexity index is 476. The average molecular weight is 267 g/mol. The minimum atomic E-state index is -1.44. The van der Waals surface area contributed by atoms with Crippen LogP contribution in [0.5, 0.6) is 11.5 Å². The molecule has 0 aliphatic heterocycles. The number of benzene rings is 1. The molecule has 0 amide bonds. The van der Waals surface area contributed by atoms with Crippen molar-refractivity contribution >= 4 is 0 Å². The summed E-state index contributed by atoms with van der Waals surface area (Å²) in [7, 11) is 3.14. The van der Waals surface area contributed by atoms with Crippen molar-refractivity contribution in [3.63, 3.8) is 0 Å². The fraction of sp³-hybridized carbons (Fsp3) is 0.600. The molecule has 1 aromatic rings. The second kappa shape index (κ2) is 4.67. The van der Waals surface area contributed by atoms with E-state index >= 15 is 0 Å². The van der Waals surface area contributed by atoms with Gasteiger partial charge in [0.25, 0.3) is 0 Å². The second-order valence-electron chi connectivity index (χ2n) is 5.74. The topological polar surface area (TPSA) is 44.5 Å². The van der Waals surface area contributed by atoms with Gasteiger partial charge in [0.15, 0.2) is 11.5 Å². The lowest BCUT2D eigenvalue weighted by Gasteiger charge is -2.40. The number of halogens is 1. The summed E-state index contributed by atoms with van der Waals surface area (Å²) in [5.74, 6) is 1.16. The minimum Gasteiger partial charge on any atom is -0.493 e. The lowest BCUT2D eigenvalue weighted by atomic mass is 9.71. The van der Waals surface area contributed by atoms with Gasteiger partial charge in [0, 0.05) is 11.1 Å². The van der Waals surface area contributed by atoms with Crippen LogP contribution in [0.25, 0.3) is 0 Å². The van der Waals surface area contributed by atoms with Gasteiger partial charge in [-0.3, -0.25) is 0 Å². The molecule has 1 aliphatic carbocycles. The summed E-state index contributed by atoms with van der Waals surface area (Å²) in [6.45, 7) is 3.06. The summed E-state index contributed by atoms with van der Waals surface area (Å²) in [6.07, 6.45) is 2.87. The largest absolute Gasteiger partial charge is 0.493 e. The van der Waals surface area contributed by atoms with Crippen molar-refractivity contribution in [1.29, 1.82) is 0 Å². The van der Waals surface area contributed by atoms with Gasteiger partial charge in [-0.05, 0) is 50.8 Å². The monoisotopic (exact) mass is 267 g/mol. The van der Waals surface area contributed by atoms with E-state index in [9.17, 15) is 4.39 Å². The number of alkyl halides is 1. The molecular formula is C15H22FNO2. The molecule has 1 saturated carbocycles. The van der Waals surface area contributed by atoms with E-state index < -0.39 is 11.2 Å². The van der Waals surface area contributed by atoms with Gasteiger partial charge in [-0.2, -0.15) is 0 Å². The summed E-state index contributed by atoms with van der Waals surface area (Å²) in [5, 5.41) is 0. The zero-order valence-electron chi connectivity index (χ0n) is 12.0. The second-order valence-corrected chi connectivity index (χ2v) is 5.74. The van der Waals surface area contributed by atoms with Crippen molar-refractivity contribution in [1.82, 2.24) is 0 Å². The number of hydrogen-bond acceptors (Lipinski definition) is 3. The molecule has 0 spiro atoms. The van der Waals surface area contributed by atoms with Gasteiger partial charge in [0.1, 0.15) is 5.67 Å². The van der Waals surface area contributed by atoms with Gasteiger partial charge in [-0.1, -0.05) is 0 Å². The van der Waals surface area contributed by atoms with Crippen LogP contribution in [0.2, 0.25) is 0 Å². The molecule has 1 aliphatic rings. The summed E-state index contributed by atoms with van der Waals surface area (Å²) in [5.41, 5.74) is 5.94. The lowest BCUT2D eigenvalue weighted by molar-refractivity contribution is 0.215. The zero-order valence-corrected chi connectivity index (χ0v) is 12.0. The highest BCUT2D eigenvalue weighted by Gasteiger charge is 2.39. The van der Waals surface area contributed by atoms with Gasteiger partial charge in [0.05, 0.1) is 14.2 Å². The highest BCUT2D eigenvalue weighted by atomic mass is 19.1. The first-order valence-electron chi connectivity index (χ1n) is 6.56. The highest BCUT2D eigenvalue weighted by molar-refractivity contribution is 5.54. The van der Waals surface area contributed by atoms with Crippen molar-refractivity contribution in [2.24, 2.45) is 5.73 Å². The van der Waals surface area contributed by atoms with Crippen LogP contribution in [0, 0.1) is 0 Å². The molecule has 2 N–H and O–H groups in total. The summed E-state index contributed by atoms with van der Waals surface area (Å²) < 4.78 is 25.0. The standard InChI is InChI=1S/C15H22FNO2/c1-14(2,16)10-8-11(15(17)6-5-7-15)13(19-4)12(9-10)18-3/h8-9H,5-7,17H2,1-4H3. The Hall–Kier alpha value is -1.29. The fourth-order valence-electron chi connectivity index (χ4n) is 2.50. The first-order valence-corrected chi connectivity index (χ1v) is 6.56. The van der Waals surface area contributed by atoms with Crippen LogP contribution in [0.3, 0.4) is 0 Å². The van der Waals surface area contributed by atoms with Crippen LogP contribution in [-0.2, 0) is 11.2 Å². The number of hydrogen-bond donors (Lipinski definition) is 1. The summed E-state index contributed by atoms with van der Waals surface area (Å²) >= 11 is 0. The van der Waals surface area contributed by atoms with E-state index in [4.69, 9.17) is 15.2 Å². The fourth-order valence-corrected chi connectivity index (χ4v) is 2.50. The Morgan fingerprint density at radius 3 is 2.21 bits per heavy atom. The van der Waals surface area contributed by atoms with E-state index in [1.54, 1.807) is 20.3 Å². The molecule has 0 saturated heterocycles. The lowest BCUT2D eigenvalue weighted by Crippen LogP contribution is -2.43. The molecule has 4 heteroatoms. The van der Waals surface area contributed by atoms with Crippen molar-refractivity contribution < 1.29 is 13.9 Å². The van der Waals surface area contributed by atoms with Crippen molar-refractivity contribution in [2.75, 3.05) is 14.2 Å². The molecule has 0 bridgehead atoms. The summed E-state index contributed by atoms with van der Waals surface area (Å²) in [4.78, 5) is 0. The van der Waals surface area contributed by atoms with E-state index in [-0.39, 0.29) is 0 Å². The van der Waals surface area contributed by atoms with Crippen LogP contribution in [0.4, 0.5) is 4.39 Å². The molecule has 0 atom stereocenters. The highest BCUT2D eigenvalue weighted by Crippen LogP contribution is 2.47. The van der Waals surface area contributed by atoms with Gasteiger partial charge in [-0.15, -0.1) is 0 Å². The van der Waals surface area contributed by atoms with E-state index in [0.717, 1.165) is 24.8 Å². The number of nitrogens with two attached hydrogens (primary N) is 1. The predicted molar refractivity (Wildman–Crippen MR) is 73.4 cm³/mol. The van der Waals surface area contributed by atoms with Crippen LogP contribution in [0.15, 0.2) is 12.1 Å². The molecule has 19 heavy (non-hydrogen) atoms. The molecule has 0 unspecified atom stereocenters. The SMILES string of the molecule is COc1cc(C(C)(C)F)cc(C2(N)CCC2)c1OC. The molecule has 2 rings (SSSR count). The molecular weight excluding hydrogens is 245 g/mol. The maximum absolute atomic E-state index is 14.2.